The monoisotopic (exact) mass is 357 g/mol. The summed E-state index contributed by atoms with van der Waals surface area (Å²) in [5.74, 6) is 1.02. The van der Waals surface area contributed by atoms with Crippen LogP contribution >= 0.6 is 0 Å². The molecule has 8 heteroatoms. The van der Waals surface area contributed by atoms with Crippen LogP contribution in [0.25, 0.3) is 0 Å². The lowest BCUT2D eigenvalue weighted by atomic mass is 10.2. The Morgan fingerprint density at radius 2 is 2.27 bits per heavy atom. The number of benzene rings is 1. The summed E-state index contributed by atoms with van der Waals surface area (Å²) in [7, 11) is 1.66. The van der Waals surface area contributed by atoms with Gasteiger partial charge >= 0.3 is 6.03 Å². The minimum Gasteiger partial charge on any atom is -0.339 e. The van der Waals surface area contributed by atoms with E-state index >= 15 is 0 Å². The van der Waals surface area contributed by atoms with Crippen LogP contribution in [0, 0.1) is 6.92 Å². The summed E-state index contributed by atoms with van der Waals surface area (Å²) in [6.07, 6.45) is 0.942. The average Bonchev–Trinajstić information content (AvgIpc) is 3.21. The molecule has 1 N–H and O–H groups in total. The number of aromatic nitrogens is 2. The van der Waals surface area contributed by atoms with Crippen LogP contribution in [-0.4, -0.2) is 46.6 Å². The molecule has 2 aromatic rings. The number of anilines is 1. The SMILES string of the molecule is CCc1nc(CN(C)C(=O)NC2CC(=O)N(c3cccc(C)c3)C2)no1. The number of carbonyl (C=O) groups excluding carboxylic acids is 2. The molecule has 1 aliphatic heterocycles. The lowest BCUT2D eigenvalue weighted by molar-refractivity contribution is -0.117. The zero-order valence-electron chi connectivity index (χ0n) is 15.2. The highest BCUT2D eigenvalue weighted by atomic mass is 16.5. The molecule has 1 aliphatic rings. The first kappa shape index (κ1) is 17.9. The van der Waals surface area contributed by atoms with E-state index in [4.69, 9.17) is 4.52 Å². The van der Waals surface area contributed by atoms with Gasteiger partial charge in [0.15, 0.2) is 5.82 Å². The Labute approximate surface area is 152 Å². The van der Waals surface area contributed by atoms with Crippen molar-refractivity contribution < 1.29 is 14.1 Å². The second-order valence-electron chi connectivity index (χ2n) is 6.51. The van der Waals surface area contributed by atoms with E-state index in [1.807, 2.05) is 38.1 Å². The molecule has 1 unspecified atom stereocenters. The Hall–Kier alpha value is -2.90. The minimum absolute atomic E-state index is 0.00862. The topological polar surface area (TPSA) is 91.6 Å². The van der Waals surface area contributed by atoms with Crippen LogP contribution in [0.1, 0.15) is 30.6 Å². The van der Waals surface area contributed by atoms with Gasteiger partial charge in [0.05, 0.1) is 12.6 Å². The quantitative estimate of drug-likeness (QED) is 0.882. The molecule has 1 saturated heterocycles. The van der Waals surface area contributed by atoms with Gasteiger partial charge in [-0.05, 0) is 24.6 Å². The van der Waals surface area contributed by atoms with Crippen molar-refractivity contribution in [3.05, 3.63) is 41.5 Å². The van der Waals surface area contributed by atoms with Crippen molar-refractivity contribution in [2.24, 2.45) is 0 Å². The van der Waals surface area contributed by atoms with E-state index in [1.165, 1.54) is 4.90 Å². The zero-order chi connectivity index (χ0) is 18.7. The first-order valence-corrected chi connectivity index (χ1v) is 8.66. The lowest BCUT2D eigenvalue weighted by Crippen LogP contribution is -2.44. The maximum atomic E-state index is 12.4. The van der Waals surface area contributed by atoms with Crippen molar-refractivity contribution in [2.75, 3.05) is 18.5 Å². The molecule has 0 radical (unpaired) electrons. The van der Waals surface area contributed by atoms with E-state index in [2.05, 4.69) is 15.5 Å². The second kappa shape index (κ2) is 7.55. The van der Waals surface area contributed by atoms with Crippen LogP contribution in [0.4, 0.5) is 10.5 Å². The normalized spacial score (nSPS) is 16.8. The van der Waals surface area contributed by atoms with Gasteiger partial charge in [-0.3, -0.25) is 4.79 Å². The summed E-state index contributed by atoms with van der Waals surface area (Å²) in [6, 6.07) is 7.29. The van der Waals surface area contributed by atoms with Crippen LogP contribution in [-0.2, 0) is 17.8 Å². The summed E-state index contributed by atoms with van der Waals surface area (Å²) in [5, 5.41) is 6.75. The maximum Gasteiger partial charge on any atom is 0.317 e. The summed E-state index contributed by atoms with van der Waals surface area (Å²) in [5.41, 5.74) is 1.95. The Balaban J connectivity index is 1.57. The number of aryl methyl sites for hydroxylation is 2. The van der Waals surface area contributed by atoms with Gasteiger partial charge in [-0.2, -0.15) is 4.98 Å². The van der Waals surface area contributed by atoms with Gasteiger partial charge < -0.3 is 19.6 Å². The van der Waals surface area contributed by atoms with Crippen molar-refractivity contribution in [1.29, 1.82) is 0 Å². The largest absolute Gasteiger partial charge is 0.339 e. The van der Waals surface area contributed by atoms with Crippen LogP contribution in [0.5, 0.6) is 0 Å². The highest BCUT2D eigenvalue weighted by Gasteiger charge is 2.32. The van der Waals surface area contributed by atoms with Gasteiger partial charge in [-0.15, -0.1) is 0 Å². The molecule has 2 heterocycles. The third-order valence-electron chi connectivity index (χ3n) is 4.30. The molecule has 1 aromatic heterocycles. The highest BCUT2D eigenvalue weighted by molar-refractivity contribution is 5.96. The highest BCUT2D eigenvalue weighted by Crippen LogP contribution is 2.22. The number of hydrogen-bond donors (Lipinski definition) is 1. The Morgan fingerprint density at radius 1 is 1.46 bits per heavy atom. The van der Waals surface area contributed by atoms with Crippen LogP contribution in [0.2, 0.25) is 0 Å². The molecule has 1 atom stereocenters. The van der Waals surface area contributed by atoms with Crippen LogP contribution in [0.3, 0.4) is 0 Å². The van der Waals surface area contributed by atoms with E-state index in [0.717, 1.165) is 11.3 Å². The second-order valence-corrected chi connectivity index (χ2v) is 6.51. The number of amides is 3. The van der Waals surface area contributed by atoms with E-state index in [0.29, 0.717) is 24.7 Å². The number of nitrogens with one attached hydrogen (secondary N) is 1. The van der Waals surface area contributed by atoms with Crippen LogP contribution in [0.15, 0.2) is 28.8 Å². The summed E-state index contributed by atoms with van der Waals surface area (Å²) in [4.78, 5) is 32.1. The fraction of sp³-hybridized carbons (Fsp3) is 0.444. The number of rotatable bonds is 5. The summed E-state index contributed by atoms with van der Waals surface area (Å²) >= 11 is 0. The Kier molecular flexibility index (Phi) is 5.20. The number of hydrogen-bond acceptors (Lipinski definition) is 5. The van der Waals surface area contributed by atoms with Gasteiger partial charge in [-0.1, -0.05) is 24.2 Å². The van der Waals surface area contributed by atoms with E-state index < -0.39 is 0 Å². The van der Waals surface area contributed by atoms with E-state index in [9.17, 15) is 9.59 Å². The van der Waals surface area contributed by atoms with Gasteiger partial charge in [0.2, 0.25) is 11.8 Å². The maximum absolute atomic E-state index is 12.4. The standard InChI is InChI=1S/C18H23N5O3/c1-4-16-20-15(21-26-16)11-22(3)18(25)19-13-9-17(24)23(10-13)14-7-5-6-12(2)8-14/h5-8,13H,4,9-11H2,1-3H3,(H,19,25). The molecule has 26 heavy (non-hydrogen) atoms. The minimum atomic E-state index is -0.267. The smallest absolute Gasteiger partial charge is 0.317 e. The molecule has 0 saturated carbocycles. The fourth-order valence-electron chi connectivity index (χ4n) is 2.92. The van der Waals surface area contributed by atoms with E-state index in [1.54, 1.807) is 11.9 Å². The molecule has 138 valence electrons. The summed E-state index contributed by atoms with van der Waals surface area (Å²) < 4.78 is 5.04. The van der Waals surface area contributed by atoms with Crippen molar-refractivity contribution in [3.8, 4) is 0 Å². The predicted octanol–water partition coefficient (Wildman–Crippen LogP) is 1.89. The summed E-state index contributed by atoms with van der Waals surface area (Å²) in [6.45, 7) is 4.62. The molecule has 0 bridgehead atoms. The molecular formula is C18H23N5O3. The fourth-order valence-corrected chi connectivity index (χ4v) is 2.92. The van der Waals surface area contributed by atoms with Gasteiger partial charge in [0.1, 0.15) is 0 Å². The molecule has 0 spiro atoms. The zero-order valence-corrected chi connectivity index (χ0v) is 15.2. The van der Waals surface area contributed by atoms with Gasteiger partial charge in [-0.25, -0.2) is 4.79 Å². The lowest BCUT2D eigenvalue weighted by Gasteiger charge is -2.20. The number of urea groups is 1. The molecule has 0 aliphatic carbocycles. The molecule has 3 rings (SSSR count). The predicted molar refractivity (Wildman–Crippen MR) is 95.6 cm³/mol. The molecule has 1 aromatic carbocycles. The number of carbonyl (C=O) groups is 2. The molecular weight excluding hydrogens is 334 g/mol. The first-order valence-electron chi connectivity index (χ1n) is 8.66. The van der Waals surface area contributed by atoms with E-state index in [-0.39, 0.29) is 30.9 Å². The van der Waals surface area contributed by atoms with Crippen molar-refractivity contribution >= 4 is 17.6 Å². The molecule has 8 nitrogen and oxygen atoms in total. The Bertz CT molecular complexity index is 804. The van der Waals surface area contributed by atoms with Crippen molar-refractivity contribution in [3.63, 3.8) is 0 Å². The Morgan fingerprint density at radius 3 is 2.96 bits per heavy atom. The van der Waals surface area contributed by atoms with Crippen LogP contribution < -0.4 is 10.2 Å². The third-order valence-corrected chi connectivity index (χ3v) is 4.30. The first-order chi connectivity index (χ1) is 12.5. The third kappa shape index (κ3) is 4.01. The average molecular weight is 357 g/mol. The van der Waals surface area contributed by atoms with Gasteiger partial charge in [0.25, 0.3) is 0 Å². The molecule has 1 fully saturated rings. The van der Waals surface area contributed by atoms with Crippen molar-refractivity contribution in [1.82, 2.24) is 20.4 Å². The van der Waals surface area contributed by atoms with Gasteiger partial charge in [0, 0.05) is 32.1 Å². The molecule has 3 amide bonds. The number of nitrogens with zero attached hydrogens (tertiary/aromatic N) is 4. The van der Waals surface area contributed by atoms with Crippen molar-refractivity contribution in [2.45, 2.75) is 39.3 Å².